The van der Waals surface area contributed by atoms with Gasteiger partial charge in [0.05, 0.1) is 22.8 Å². The number of carbonyl (C=O) groups is 1. The van der Waals surface area contributed by atoms with Gasteiger partial charge in [-0.25, -0.2) is 0 Å². The largest absolute Gasteiger partial charge is 1.00 e. The van der Waals surface area contributed by atoms with Crippen molar-refractivity contribution in [1.82, 2.24) is 0 Å². The summed E-state index contributed by atoms with van der Waals surface area (Å²) in [6.45, 7) is 1.64. The molecule has 0 aliphatic carbocycles. The minimum Gasteiger partial charge on any atom is -0.870 e. The third-order valence-corrected chi connectivity index (χ3v) is 6.96. The summed E-state index contributed by atoms with van der Waals surface area (Å²) in [5.41, 5.74) is 0.189. The van der Waals surface area contributed by atoms with Crippen LogP contribution in [0.1, 0.15) is 15.9 Å². The zero-order chi connectivity index (χ0) is 26.9. The number of anilines is 1. The smallest absolute Gasteiger partial charge is 0.870 e. The molecule has 0 bridgehead atoms. The van der Waals surface area contributed by atoms with E-state index in [0.717, 1.165) is 0 Å². The number of hydrogen-bond acceptors (Lipinski definition) is 7. The number of azo groups is 1. The van der Waals surface area contributed by atoms with Gasteiger partial charge in [-0.2, -0.15) is 13.5 Å². The Kier molecular flexibility index (Phi) is 9.43. The molecule has 0 unspecified atom stereocenters. The van der Waals surface area contributed by atoms with E-state index >= 15 is 0 Å². The van der Waals surface area contributed by atoms with Crippen molar-refractivity contribution in [2.24, 2.45) is 10.2 Å². The van der Waals surface area contributed by atoms with E-state index in [1.807, 2.05) is 0 Å². The maximum Gasteiger partial charge on any atom is 1.00 e. The predicted octanol–water partition coefficient (Wildman–Crippen LogP) is 3.46. The number of halogens is 2. The number of nitrogens with zero attached hydrogens (tertiary/aromatic N) is 2. The van der Waals surface area contributed by atoms with Gasteiger partial charge in [0.1, 0.15) is 16.3 Å². The number of aryl methyl sites for hydroxylation is 1. The molecule has 38 heavy (non-hydrogen) atoms. The molecule has 9 nitrogen and oxygen atoms in total. The number of methoxy groups -OCH3 is 1. The molecule has 0 aromatic heterocycles. The summed E-state index contributed by atoms with van der Waals surface area (Å²) >= 11 is 12.2. The van der Waals surface area contributed by atoms with Crippen molar-refractivity contribution >= 4 is 67.1 Å². The van der Waals surface area contributed by atoms with Gasteiger partial charge in [-0.1, -0.05) is 53.2 Å². The maximum atomic E-state index is 13.4. The van der Waals surface area contributed by atoms with Crippen LogP contribution in [0.2, 0.25) is 10.0 Å². The van der Waals surface area contributed by atoms with Crippen LogP contribution >= 0.6 is 23.2 Å². The summed E-state index contributed by atoms with van der Waals surface area (Å²) in [5, 5.41) is 24.8. The summed E-state index contributed by atoms with van der Waals surface area (Å²) in [7, 11) is -3.29. The van der Waals surface area contributed by atoms with E-state index < -0.39 is 26.7 Å². The minimum absolute atomic E-state index is 0. The first-order valence-corrected chi connectivity index (χ1v) is 12.8. The Bertz CT molecular complexity index is 1700. The number of carbonyl (C=O) groups excluding carboxylic acids is 1. The second-order valence-corrected chi connectivity index (χ2v) is 10.1. The fourth-order valence-corrected chi connectivity index (χ4v) is 5.15. The van der Waals surface area contributed by atoms with Crippen LogP contribution in [0, 0.1) is 6.92 Å². The number of amides is 1. The standard InChI is InChI=1S/C25H19Cl2N3O6S.Na/c1-13-9-19(27)24(37(33,34)35)20(10-13)29-30-22-16-6-4-3-5-14(16)11-17(23(22)31)25(32)28-15-7-8-21(36-2)18(26)12-15;/h3-12,31H,1-2H3,(H,28,32)(H,33,34,35);/q;+1/p-1. The van der Waals surface area contributed by atoms with Gasteiger partial charge in [-0.15, -0.1) is 5.11 Å². The Hall–Kier alpha value is -2.70. The fourth-order valence-electron chi connectivity index (χ4n) is 3.66. The monoisotopic (exact) mass is 581 g/mol. The molecule has 0 fully saturated rings. The molecule has 4 rings (SSSR count). The van der Waals surface area contributed by atoms with Crippen molar-refractivity contribution in [3.8, 4) is 11.5 Å². The van der Waals surface area contributed by atoms with Gasteiger partial charge in [0, 0.05) is 16.6 Å². The molecular weight excluding hydrogens is 564 g/mol. The van der Waals surface area contributed by atoms with E-state index in [0.29, 0.717) is 27.8 Å². The van der Waals surface area contributed by atoms with Crippen molar-refractivity contribution in [3.05, 3.63) is 81.8 Å². The fraction of sp³-hybridized carbons (Fsp3) is 0.0800. The molecule has 4 aromatic carbocycles. The molecule has 4 aromatic rings. The molecule has 0 heterocycles. The molecule has 0 saturated heterocycles. The number of hydrogen-bond donors (Lipinski definition) is 2. The van der Waals surface area contributed by atoms with Gasteiger partial charge in [0.25, 0.3) is 16.0 Å². The third kappa shape index (κ3) is 6.29. The molecule has 2 N–H and O–H groups in total. The summed E-state index contributed by atoms with van der Waals surface area (Å²) in [6, 6.07) is 15.4. The van der Waals surface area contributed by atoms with Crippen LogP contribution in [0.5, 0.6) is 11.5 Å². The third-order valence-electron chi connectivity index (χ3n) is 5.31. The van der Waals surface area contributed by atoms with Crippen LogP contribution in [0.25, 0.3) is 10.8 Å². The van der Waals surface area contributed by atoms with Gasteiger partial charge in [-0.3, -0.25) is 9.35 Å². The van der Waals surface area contributed by atoms with Crippen LogP contribution in [0.3, 0.4) is 0 Å². The first kappa shape index (κ1) is 29.9. The van der Waals surface area contributed by atoms with Crippen molar-refractivity contribution in [1.29, 1.82) is 0 Å². The van der Waals surface area contributed by atoms with E-state index in [-0.39, 0.29) is 56.5 Å². The predicted molar refractivity (Wildman–Crippen MR) is 140 cm³/mol. The normalized spacial score (nSPS) is 11.4. The molecule has 0 saturated carbocycles. The molecule has 1 amide bonds. The van der Waals surface area contributed by atoms with Gasteiger partial charge < -0.3 is 15.2 Å². The van der Waals surface area contributed by atoms with Crippen molar-refractivity contribution in [3.63, 3.8) is 0 Å². The Morgan fingerprint density at radius 3 is 2.39 bits per heavy atom. The molecule has 0 aliphatic rings. The topological polar surface area (TPSA) is 140 Å². The molecule has 0 spiro atoms. The zero-order valence-electron chi connectivity index (χ0n) is 20.3. The van der Waals surface area contributed by atoms with Gasteiger partial charge in [0.2, 0.25) is 0 Å². The second-order valence-electron chi connectivity index (χ2n) is 7.90. The summed E-state index contributed by atoms with van der Waals surface area (Å²) < 4.78 is 38.5. The van der Waals surface area contributed by atoms with Crippen molar-refractivity contribution < 1.29 is 57.2 Å². The number of nitrogens with one attached hydrogen (secondary N) is 1. The Balaban J connectivity index is 0.00000400. The first-order valence-electron chi connectivity index (χ1n) is 10.6. The molecule has 0 atom stereocenters. The van der Waals surface area contributed by atoms with Crippen molar-refractivity contribution in [2.75, 3.05) is 12.4 Å². The van der Waals surface area contributed by atoms with Gasteiger partial charge >= 0.3 is 29.6 Å². The second kappa shape index (κ2) is 12.0. The van der Waals surface area contributed by atoms with Gasteiger partial charge in [0.15, 0.2) is 0 Å². The van der Waals surface area contributed by atoms with Crippen LogP contribution in [-0.2, 0) is 10.1 Å². The number of ether oxygens (including phenoxy) is 1. The van der Waals surface area contributed by atoms with E-state index in [4.69, 9.17) is 27.9 Å². The zero-order valence-corrected chi connectivity index (χ0v) is 24.6. The van der Waals surface area contributed by atoms with E-state index in [9.17, 15) is 22.9 Å². The molecule has 0 aliphatic heterocycles. The number of fused-ring (bicyclic) bond motifs is 1. The molecule has 190 valence electrons. The number of rotatable bonds is 6. The minimum atomic E-state index is -4.75. The van der Waals surface area contributed by atoms with Crippen LogP contribution in [0.4, 0.5) is 17.1 Å². The van der Waals surface area contributed by atoms with Crippen molar-refractivity contribution in [2.45, 2.75) is 11.8 Å². The van der Waals surface area contributed by atoms with E-state index in [1.165, 1.54) is 31.4 Å². The summed E-state index contributed by atoms with van der Waals surface area (Å²) in [4.78, 5) is 12.4. The SMILES string of the molecule is COc1ccc(NC(=O)c2cc3ccccc3c(N=Nc3cc(C)cc(Cl)c3S(=O)(=O)O)c2[O-])cc1Cl.[Na+]. The molecular formula is C25H18Cl2N3NaO6S. The summed E-state index contributed by atoms with van der Waals surface area (Å²) in [6.07, 6.45) is 0. The quantitative estimate of drug-likeness (QED) is 0.203. The number of benzene rings is 4. The van der Waals surface area contributed by atoms with Crippen LogP contribution < -0.4 is 44.7 Å². The van der Waals surface area contributed by atoms with E-state index in [2.05, 4.69) is 15.5 Å². The average molecular weight is 582 g/mol. The Labute approximate surface area is 250 Å². The molecule has 0 radical (unpaired) electrons. The van der Waals surface area contributed by atoms with Crippen LogP contribution in [-0.4, -0.2) is 26.0 Å². The summed E-state index contributed by atoms with van der Waals surface area (Å²) in [5.74, 6) is -1.05. The van der Waals surface area contributed by atoms with Crippen LogP contribution in [0.15, 0.2) is 75.8 Å². The van der Waals surface area contributed by atoms with Gasteiger partial charge in [-0.05, 0) is 54.3 Å². The Morgan fingerprint density at radius 1 is 1.03 bits per heavy atom. The molecule has 13 heteroatoms. The van der Waals surface area contributed by atoms with E-state index in [1.54, 1.807) is 43.3 Å². The average Bonchev–Trinajstić information content (AvgIpc) is 2.82. The first-order chi connectivity index (χ1) is 17.5. The Morgan fingerprint density at radius 2 is 1.74 bits per heavy atom. The maximum absolute atomic E-state index is 13.4.